The van der Waals surface area contributed by atoms with E-state index in [0.29, 0.717) is 16.0 Å². The summed E-state index contributed by atoms with van der Waals surface area (Å²) < 4.78 is 1.28. The molecule has 0 radical (unpaired) electrons. The maximum absolute atomic E-state index is 13.1. The van der Waals surface area contributed by atoms with Gasteiger partial charge in [0.15, 0.2) is 0 Å². The summed E-state index contributed by atoms with van der Waals surface area (Å²) in [5, 5.41) is 11.8. The molecule has 5 nitrogen and oxygen atoms in total. The number of fused-ring (bicyclic) bond motifs is 2. The van der Waals surface area contributed by atoms with Crippen molar-refractivity contribution in [1.29, 1.82) is 0 Å². The van der Waals surface area contributed by atoms with Gasteiger partial charge in [-0.25, -0.2) is 9.78 Å². The van der Waals surface area contributed by atoms with Gasteiger partial charge in [0.25, 0.3) is 5.56 Å². The first-order valence-electron chi connectivity index (χ1n) is 8.82. The van der Waals surface area contributed by atoms with Gasteiger partial charge in [-0.15, -0.1) is 11.3 Å². The molecule has 0 bridgehead atoms. The summed E-state index contributed by atoms with van der Waals surface area (Å²) in [5.41, 5.74) is 4.32. The van der Waals surface area contributed by atoms with Gasteiger partial charge in [0.2, 0.25) is 0 Å². The van der Waals surface area contributed by atoms with Gasteiger partial charge in [-0.1, -0.05) is 18.2 Å². The monoisotopic (exact) mass is 368 g/mol. The molecule has 0 saturated carbocycles. The van der Waals surface area contributed by atoms with Crippen molar-refractivity contribution in [3.8, 4) is 11.1 Å². The number of aliphatic carboxylic acids is 1. The fourth-order valence-corrected chi connectivity index (χ4v) is 4.77. The summed E-state index contributed by atoms with van der Waals surface area (Å²) in [6.45, 7) is 3.19. The number of hydrogen-bond acceptors (Lipinski definition) is 4. The third-order valence-electron chi connectivity index (χ3n) is 5.22. The lowest BCUT2D eigenvalue weighted by molar-refractivity contribution is -0.140. The van der Waals surface area contributed by atoms with Crippen LogP contribution in [0.3, 0.4) is 0 Å². The second kappa shape index (κ2) is 6.36. The second-order valence-corrected chi connectivity index (χ2v) is 7.73. The van der Waals surface area contributed by atoms with Crippen molar-refractivity contribution in [2.45, 2.75) is 45.6 Å². The molecule has 0 aliphatic heterocycles. The molecule has 1 unspecified atom stereocenters. The van der Waals surface area contributed by atoms with Gasteiger partial charge >= 0.3 is 5.97 Å². The molecular formula is C20H20N2O3S. The molecule has 26 heavy (non-hydrogen) atoms. The fraction of sp³-hybridized carbons (Fsp3) is 0.350. The highest BCUT2D eigenvalue weighted by Gasteiger charge is 2.22. The van der Waals surface area contributed by atoms with Gasteiger partial charge < -0.3 is 5.11 Å². The molecule has 6 heteroatoms. The van der Waals surface area contributed by atoms with Crippen LogP contribution in [0.5, 0.6) is 0 Å². The van der Waals surface area contributed by atoms with E-state index in [-0.39, 0.29) is 5.56 Å². The SMILES string of the molecule is Cc1nc2scc(-c3ccc4c(c3)CCCC4)c2c(=O)n1C(C)C(=O)O. The average molecular weight is 368 g/mol. The lowest BCUT2D eigenvalue weighted by Gasteiger charge is -2.17. The largest absolute Gasteiger partial charge is 0.480 e. The van der Waals surface area contributed by atoms with Crippen LogP contribution in [-0.2, 0) is 17.6 Å². The van der Waals surface area contributed by atoms with E-state index in [2.05, 4.69) is 23.2 Å². The van der Waals surface area contributed by atoms with Gasteiger partial charge in [0.1, 0.15) is 16.7 Å². The van der Waals surface area contributed by atoms with E-state index in [9.17, 15) is 14.7 Å². The lowest BCUT2D eigenvalue weighted by atomic mass is 9.89. The van der Waals surface area contributed by atoms with Crippen LogP contribution in [0.2, 0.25) is 0 Å². The van der Waals surface area contributed by atoms with E-state index in [1.165, 1.54) is 46.8 Å². The molecule has 134 valence electrons. The first kappa shape index (κ1) is 17.0. The number of benzene rings is 1. The fourth-order valence-electron chi connectivity index (χ4n) is 3.78. The number of hydrogen-bond donors (Lipinski definition) is 1. The Morgan fingerprint density at radius 1 is 1.27 bits per heavy atom. The maximum atomic E-state index is 13.1. The summed E-state index contributed by atoms with van der Waals surface area (Å²) in [6.07, 6.45) is 4.62. The van der Waals surface area contributed by atoms with Crippen molar-refractivity contribution in [2.75, 3.05) is 0 Å². The number of thiophene rings is 1. The van der Waals surface area contributed by atoms with Crippen molar-refractivity contribution in [3.05, 3.63) is 50.9 Å². The number of carbonyl (C=O) groups is 1. The summed E-state index contributed by atoms with van der Waals surface area (Å²) in [7, 11) is 0. The van der Waals surface area contributed by atoms with E-state index in [4.69, 9.17) is 0 Å². The Bertz CT molecular complexity index is 1080. The van der Waals surface area contributed by atoms with Crippen molar-refractivity contribution in [2.24, 2.45) is 0 Å². The van der Waals surface area contributed by atoms with Crippen LogP contribution in [0.25, 0.3) is 21.3 Å². The minimum absolute atomic E-state index is 0.281. The van der Waals surface area contributed by atoms with Crippen LogP contribution in [0.15, 0.2) is 28.4 Å². The first-order valence-corrected chi connectivity index (χ1v) is 9.70. The van der Waals surface area contributed by atoms with E-state index in [1.807, 2.05) is 5.38 Å². The molecule has 1 aliphatic rings. The number of carboxylic acid groups (broad SMARTS) is 1. The van der Waals surface area contributed by atoms with Gasteiger partial charge in [-0.05, 0) is 56.2 Å². The smallest absolute Gasteiger partial charge is 0.326 e. The van der Waals surface area contributed by atoms with E-state index in [0.717, 1.165) is 24.0 Å². The van der Waals surface area contributed by atoms with E-state index >= 15 is 0 Å². The summed E-state index contributed by atoms with van der Waals surface area (Å²) >= 11 is 1.43. The highest BCUT2D eigenvalue weighted by molar-refractivity contribution is 7.17. The molecule has 0 spiro atoms. The molecular weight excluding hydrogens is 348 g/mol. The molecule has 3 aromatic rings. The summed E-state index contributed by atoms with van der Waals surface area (Å²) in [4.78, 5) is 29.7. The van der Waals surface area contributed by atoms with Gasteiger partial charge in [-0.3, -0.25) is 9.36 Å². The molecule has 4 rings (SSSR count). The Balaban J connectivity index is 1.93. The maximum Gasteiger partial charge on any atom is 0.326 e. The number of aromatic nitrogens is 2. The van der Waals surface area contributed by atoms with Crippen LogP contribution in [0.1, 0.15) is 42.8 Å². The Hall–Kier alpha value is -2.47. The first-order chi connectivity index (χ1) is 12.5. The third kappa shape index (κ3) is 2.65. The topological polar surface area (TPSA) is 72.2 Å². The van der Waals surface area contributed by atoms with Crippen molar-refractivity contribution in [1.82, 2.24) is 9.55 Å². The Morgan fingerprint density at radius 3 is 2.73 bits per heavy atom. The quantitative estimate of drug-likeness (QED) is 0.759. The Morgan fingerprint density at radius 2 is 2.00 bits per heavy atom. The molecule has 0 fully saturated rings. The average Bonchev–Trinajstić information content (AvgIpc) is 3.05. The van der Waals surface area contributed by atoms with Crippen LogP contribution < -0.4 is 5.56 Å². The van der Waals surface area contributed by atoms with Crippen LogP contribution in [-0.4, -0.2) is 20.6 Å². The highest BCUT2D eigenvalue weighted by atomic mass is 32.1. The van der Waals surface area contributed by atoms with Gasteiger partial charge in [0.05, 0.1) is 5.39 Å². The zero-order chi connectivity index (χ0) is 18.4. The predicted octanol–water partition coefficient (Wildman–Crippen LogP) is 3.96. The predicted molar refractivity (Wildman–Crippen MR) is 103 cm³/mol. The normalized spacial score (nSPS) is 15.0. The molecule has 2 heterocycles. The van der Waals surface area contributed by atoms with E-state index in [1.54, 1.807) is 6.92 Å². The van der Waals surface area contributed by atoms with Gasteiger partial charge in [0, 0.05) is 10.9 Å². The van der Waals surface area contributed by atoms with Crippen LogP contribution in [0, 0.1) is 6.92 Å². The molecule has 0 saturated heterocycles. The highest BCUT2D eigenvalue weighted by Crippen LogP contribution is 2.34. The minimum atomic E-state index is -1.04. The molecule has 1 N–H and O–H groups in total. The lowest BCUT2D eigenvalue weighted by Crippen LogP contribution is -2.30. The summed E-state index contributed by atoms with van der Waals surface area (Å²) in [6, 6.07) is 5.46. The standard InChI is InChI=1S/C20H20N2O3S/c1-11(20(24)25)22-12(2)21-18-17(19(22)23)16(10-26-18)15-8-7-13-5-3-4-6-14(13)9-15/h7-11H,3-6H2,1-2H3,(H,24,25). The minimum Gasteiger partial charge on any atom is -0.480 e. The molecule has 1 aliphatic carbocycles. The van der Waals surface area contributed by atoms with Gasteiger partial charge in [-0.2, -0.15) is 0 Å². The third-order valence-corrected chi connectivity index (χ3v) is 6.09. The number of nitrogens with zero attached hydrogens (tertiary/aromatic N) is 2. The van der Waals surface area contributed by atoms with Crippen molar-refractivity contribution < 1.29 is 9.90 Å². The second-order valence-electron chi connectivity index (χ2n) is 6.87. The Labute approximate surface area is 154 Å². The van der Waals surface area contributed by atoms with Crippen LogP contribution >= 0.6 is 11.3 Å². The molecule has 2 aromatic heterocycles. The zero-order valence-corrected chi connectivity index (χ0v) is 15.6. The number of aryl methyl sites for hydroxylation is 3. The van der Waals surface area contributed by atoms with Crippen LogP contribution in [0.4, 0.5) is 0 Å². The molecule has 0 amide bonds. The van der Waals surface area contributed by atoms with Crippen molar-refractivity contribution in [3.63, 3.8) is 0 Å². The Kier molecular flexibility index (Phi) is 4.15. The van der Waals surface area contributed by atoms with E-state index < -0.39 is 12.0 Å². The summed E-state index contributed by atoms with van der Waals surface area (Å²) in [5.74, 6) is -0.613. The van der Waals surface area contributed by atoms with Crippen molar-refractivity contribution >= 4 is 27.5 Å². The number of rotatable bonds is 3. The molecule has 1 aromatic carbocycles. The molecule has 1 atom stereocenters. The zero-order valence-electron chi connectivity index (χ0n) is 14.8. The number of carboxylic acids is 1.